The Balaban J connectivity index is 1.43. The van der Waals surface area contributed by atoms with Crippen LogP contribution < -0.4 is 5.32 Å². The number of aliphatic carboxylic acids is 1. The summed E-state index contributed by atoms with van der Waals surface area (Å²) in [5, 5.41) is 17.3. The fraction of sp³-hybridized carbons (Fsp3) is 0.552. The molecule has 2 aliphatic rings. The number of nitrogens with zero attached hydrogens (tertiary/aromatic N) is 2. The van der Waals surface area contributed by atoms with Crippen LogP contribution in [0.15, 0.2) is 36.4 Å². The van der Waals surface area contributed by atoms with Crippen molar-refractivity contribution in [2.45, 2.75) is 96.9 Å². The number of rotatable bonds is 7. The largest absolute Gasteiger partial charge is 0.481 e. The number of amides is 1. The van der Waals surface area contributed by atoms with E-state index < -0.39 is 5.97 Å². The first kappa shape index (κ1) is 25.2. The van der Waals surface area contributed by atoms with Crippen molar-refractivity contribution in [3.05, 3.63) is 58.9 Å². The highest BCUT2D eigenvalue weighted by molar-refractivity contribution is 5.78. The highest BCUT2D eigenvalue weighted by Crippen LogP contribution is 2.44. The number of hydrogen-bond donors (Lipinski definition) is 2. The van der Waals surface area contributed by atoms with E-state index in [0.717, 1.165) is 49.2 Å². The number of aryl methyl sites for hydroxylation is 1. The first-order valence-electron chi connectivity index (χ1n) is 12.8. The Morgan fingerprint density at radius 2 is 1.74 bits per heavy atom. The number of allylic oxidation sites excluding steroid dienone is 1. The minimum atomic E-state index is -0.809. The lowest BCUT2D eigenvalue weighted by Gasteiger charge is -2.27. The predicted molar refractivity (Wildman–Crippen MR) is 138 cm³/mol. The van der Waals surface area contributed by atoms with Crippen LogP contribution in [0.1, 0.15) is 94.1 Å². The fourth-order valence-electron chi connectivity index (χ4n) is 6.03. The highest BCUT2D eigenvalue weighted by Gasteiger charge is 2.38. The van der Waals surface area contributed by atoms with Crippen molar-refractivity contribution < 1.29 is 14.7 Å². The van der Waals surface area contributed by atoms with Gasteiger partial charge < -0.3 is 10.4 Å². The third-order valence-corrected chi connectivity index (χ3v) is 7.85. The van der Waals surface area contributed by atoms with Crippen LogP contribution in [-0.4, -0.2) is 32.8 Å². The zero-order chi connectivity index (χ0) is 25.4. The molecule has 188 valence electrons. The maximum Gasteiger partial charge on any atom is 0.303 e. The Hall–Kier alpha value is -2.89. The number of benzene rings is 1. The van der Waals surface area contributed by atoms with Crippen molar-refractivity contribution in [2.75, 3.05) is 0 Å². The second kappa shape index (κ2) is 9.63. The average molecular weight is 478 g/mol. The van der Waals surface area contributed by atoms with Crippen LogP contribution in [0.4, 0.5) is 0 Å². The summed E-state index contributed by atoms with van der Waals surface area (Å²) in [5.74, 6) is -0.648. The summed E-state index contributed by atoms with van der Waals surface area (Å²) in [7, 11) is 0. The Morgan fingerprint density at radius 3 is 2.34 bits per heavy atom. The van der Waals surface area contributed by atoms with Crippen molar-refractivity contribution in [3.63, 3.8) is 0 Å². The van der Waals surface area contributed by atoms with Gasteiger partial charge in [0.05, 0.1) is 17.8 Å². The molecule has 2 aliphatic carbocycles. The van der Waals surface area contributed by atoms with Crippen LogP contribution in [0.3, 0.4) is 0 Å². The summed E-state index contributed by atoms with van der Waals surface area (Å²) in [6.07, 6.45) is 9.10. The van der Waals surface area contributed by atoms with Gasteiger partial charge in [0.1, 0.15) is 0 Å². The van der Waals surface area contributed by atoms with Gasteiger partial charge in [-0.1, -0.05) is 57.9 Å². The molecule has 2 aromatic rings. The molecule has 2 atom stereocenters. The fourth-order valence-corrected chi connectivity index (χ4v) is 6.03. The molecule has 0 saturated heterocycles. The molecule has 1 heterocycles. The zero-order valence-corrected chi connectivity index (χ0v) is 21.7. The van der Waals surface area contributed by atoms with E-state index in [1.54, 1.807) is 0 Å². The first-order chi connectivity index (χ1) is 16.5. The number of aromatic nitrogens is 2. The summed E-state index contributed by atoms with van der Waals surface area (Å²) < 4.78 is 2.02. The molecule has 1 fully saturated rings. The van der Waals surface area contributed by atoms with Gasteiger partial charge in [0, 0.05) is 29.6 Å². The van der Waals surface area contributed by atoms with Gasteiger partial charge in [0.25, 0.3) is 0 Å². The molecule has 1 amide bonds. The van der Waals surface area contributed by atoms with Crippen molar-refractivity contribution >= 4 is 11.9 Å². The molecule has 1 aromatic carbocycles. The topological polar surface area (TPSA) is 84.2 Å². The molecule has 1 aromatic heterocycles. The molecule has 0 unspecified atom stereocenters. The normalized spacial score (nSPS) is 21.4. The van der Waals surface area contributed by atoms with Gasteiger partial charge >= 0.3 is 5.97 Å². The van der Waals surface area contributed by atoms with Gasteiger partial charge in [-0.3, -0.25) is 9.59 Å². The summed E-state index contributed by atoms with van der Waals surface area (Å²) in [4.78, 5) is 24.2. The minimum absolute atomic E-state index is 0.0356. The van der Waals surface area contributed by atoms with Crippen LogP contribution in [0.5, 0.6) is 0 Å². The summed E-state index contributed by atoms with van der Waals surface area (Å²) in [6, 6.07) is 8.58. The number of hydrogen-bond acceptors (Lipinski definition) is 3. The number of carboxylic acid groups (broad SMARTS) is 1. The standard InChI is InChI=1S/C29H39N3O3/c1-19-27(20(2)32(31-19)24-12-9-22(10-13-24)28(3,4)5)21-8-11-23(16-21)30-25(33)17-29(18-26(34)35)14-6-7-15-29/h8-13,21,23H,6-7,14-18H2,1-5H3,(H,30,33)(H,34,35)/t21-,23-/m1/s1. The van der Waals surface area contributed by atoms with Crippen molar-refractivity contribution in [3.8, 4) is 5.69 Å². The van der Waals surface area contributed by atoms with Crippen molar-refractivity contribution in [1.29, 1.82) is 0 Å². The van der Waals surface area contributed by atoms with Crippen LogP contribution in [0.2, 0.25) is 0 Å². The molecule has 0 bridgehead atoms. The molecule has 4 rings (SSSR count). The molecule has 2 N–H and O–H groups in total. The third kappa shape index (κ3) is 5.52. The van der Waals surface area contributed by atoms with E-state index in [9.17, 15) is 14.7 Å². The van der Waals surface area contributed by atoms with E-state index in [-0.39, 0.29) is 35.1 Å². The summed E-state index contributed by atoms with van der Waals surface area (Å²) in [6.45, 7) is 10.8. The Labute approximate surface area is 208 Å². The Bertz CT molecular complexity index is 1120. The van der Waals surface area contributed by atoms with Gasteiger partial charge in [-0.25, -0.2) is 4.68 Å². The van der Waals surface area contributed by atoms with Gasteiger partial charge in [0.2, 0.25) is 5.91 Å². The summed E-state index contributed by atoms with van der Waals surface area (Å²) in [5.41, 5.74) is 5.43. The number of nitrogens with one attached hydrogen (secondary N) is 1. The molecule has 1 saturated carbocycles. The Morgan fingerprint density at radius 1 is 1.09 bits per heavy atom. The van der Waals surface area contributed by atoms with E-state index >= 15 is 0 Å². The van der Waals surface area contributed by atoms with Crippen molar-refractivity contribution in [1.82, 2.24) is 15.1 Å². The molecule has 0 radical (unpaired) electrons. The zero-order valence-electron chi connectivity index (χ0n) is 21.7. The van der Waals surface area contributed by atoms with Gasteiger partial charge in [0.15, 0.2) is 0 Å². The maximum atomic E-state index is 12.9. The van der Waals surface area contributed by atoms with Gasteiger partial charge in [-0.05, 0) is 61.6 Å². The molecular formula is C29H39N3O3. The van der Waals surface area contributed by atoms with Crippen LogP contribution in [0, 0.1) is 19.3 Å². The molecule has 6 heteroatoms. The van der Waals surface area contributed by atoms with E-state index in [1.807, 2.05) is 4.68 Å². The van der Waals surface area contributed by atoms with E-state index in [4.69, 9.17) is 5.10 Å². The minimum Gasteiger partial charge on any atom is -0.481 e. The maximum absolute atomic E-state index is 12.9. The SMILES string of the molecule is Cc1nn(-c2ccc(C(C)(C)C)cc2)c(C)c1[C@@H]1C=C[C@@H](NC(=O)CC2(CC(=O)O)CCCC2)C1. The molecule has 0 spiro atoms. The monoisotopic (exact) mass is 477 g/mol. The molecule has 0 aliphatic heterocycles. The van der Waals surface area contributed by atoms with Crippen LogP contribution >= 0.6 is 0 Å². The first-order valence-corrected chi connectivity index (χ1v) is 12.8. The Kier molecular flexibility index (Phi) is 6.94. The van der Waals surface area contributed by atoms with Crippen molar-refractivity contribution in [2.24, 2.45) is 5.41 Å². The lowest BCUT2D eigenvalue weighted by atomic mass is 9.79. The smallest absolute Gasteiger partial charge is 0.303 e. The molecule has 6 nitrogen and oxygen atoms in total. The van der Waals surface area contributed by atoms with E-state index in [2.05, 4.69) is 76.4 Å². The van der Waals surface area contributed by atoms with Crippen LogP contribution in [0.25, 0.3) is 5.69 Å². The highest BCUT2D eigenvalue weighted by atomic mass is 16.4. The lowest BCUT2D eigenvalue weighted by Crippen LogP contribution is -2.37. The van der Waals surface area contributed by atoms with E-state index in [1.165, 1.54) is 11.1 Å². The predicted octanol–water partition coefficient (Wildman–Crippen LogP) is 5.74. The second-order valence-electron chi connectivity index (χ2n) is 11.6. The molecule has 35 heavy (non-hydrogen) atoms. The lowest BCUT2D eigenvalue weighted by molar-refractivity contribution is -0.140. The quantitative estimate of drug-likeness (QED) is 0.498. The molecular weight excluding hydrogens is 438 g/mol. The third-order valence-electron chi connectivity index (χ3n) is 7.85. The number of carbonyl (C=O) groups excluding carboxylic acids is 1. The number of carbonyl (C=O) groups is 2. The summed E-state index contributed by atoms with van der Waals surface area (Å²) >= 11 is 0. The number of carboxylic acids is 1. The average Bonchev–Trinajstić information content (AvgIpc) is 3.47. The van der Waals surface area contributed by atoms with Crippen LogP contribution in [-0.2, 0) is 15.0 Å². The van der Waals surface area contributed by atoms with E-state index in [0.29, 0.717) is 6.42 Å². The van der Waals surface area contributed by atoms with Gasteiger partial charge in [-0.15, -0.1) is 0 Å². The second-order valence-corrected chi connectivity index (χ2v) is 11.6. The van der Waals surface area contributed by atoms with Gasteiger partial charge in [-0.2, -0.15) is 5.10 Å².